The summed E-state index contributed by atoms with van der Waals surface area (Å²) in [5.41, 5.74) is 5.13. The largest absolute Gasteiger partial charge is 0.400 e. The van der Waals surface area contributed by atoms with E-state index >= 15 is 0 Å². The fourth-order valence-electron chi connectivity index (χ4n) is 0.763. The average molecular weight is 151 g/mol. The van der Waals surface area contributed by atoms with E-state index in [0.29, 0.717) is 0 Å². The van der Waals surface area contributed by atoms with Crippen LogP contribution in [0, 0.1) is 11.3 Å². The predicted molar refractivity (Wildman–Crippen MR) is 34.6 cm³/mol. The maximum absolute atomic E-state index is 10.8. The van der Waals surface area contributed by atoms with Crippen LogP contribution in [0.25, 0.3) is 0 Å². The van der Waals surface area contributed by atoms with Gasteiger partial charge in [0.15, 0.2) is 0 Å². The number of carbonyl (C=O) groups excluding carboxylic acids is 2. The molecule has 1 heterocycles. The summed E-state index contributed by atoms with van der Waals surface area (Å²) in [6, 6.07) is 1.61. The van der Waals surface area contributed by atoms with Crippen molar-refractivity contribution in [1.29, 1.82) is 5.26 Å². The Morgan fingerprint density at radius 2 is 2.18 bits per heavy atom. The highest BCUT2D eigenvalue weighted by molar-refractivity contribution is 6.10. The van der Waals surface area contributed by atoms with E-state index in [1.807, 2.05) is 5.32 Å². The number of carbonyl (C=O) groups is 2. The maximum Gasteiger partial charge on any atom is 0.270 e. The van der Waals surface area contributed by atoms with Gasteiger partial charge in [0.2, 0.25) is 5.91 Å². The number of hydrogen-bond acceptors (Lipinski definition) is 4. The van der Waals surface area contributed by atoms with Crippen molar-refractivity contribution in [2.24, 2.45) is 5.73 Å². The van der Waals surface area contributed by atoms with Crippen LogP contribution in [-0.4, -0.2) is 11.8 Å². The van der Waals surface area contributed by atoms with E-state index in [-0.39, 0.29) is 17.7 Å². The molecule has 3 N–H and O–H groups in total. The summed E-state index contributed by atoms with van der Waals surface area (Å²) in [4.78, 5) is 21.3. The topological polar surface area (TPSA) is 96.0 Å². The molecule has 1 aliphatic rings. The standard InChI is InChI=1S/C6H5N3O2/c7-2-3-4(8)1-5(10)9-6(3)11/h1,8H2,(H,9,10,11). The Bertz CT molecular complexity index is 297. The van der Waals surface area contributed by atoms with Crippen LogP contribution < -0.4 is 11.1 Å². The molecule has 0 saturated carbocycles. The van der Waals surface area contributed by atoms with Gasteiger partial charge in [-0.25, -0.2) is 0 Å². The third-order valence-corrected chi connectivity index (χ3v) is 1.26. The molecule has 0 aromatic rings. The van der Waals surface area contributed by atoms with Gasteiger partial charge in [-0.2, -0.15) is 5.26 Å². The van der Waals surface area contributed by atoms with E-state index in [1.54, 1.807) is 6.07 Å². The van der Waals surface area contributed by atoms with Crippen LogP contribution in [0.2, 0.25) is 0 Å². The van der Waals surface area contributed by atoms with Crippen molar-refractivity contribution in [3.05, 3.63) is 11.3 Å². The number of imide groups is 1. The third-order valence-electron chi connectivity index (χ3n) is 1.26. The van der Waals surface area contributed by atoms with Crippen LogP contribution in [-0.2, 0) is 9.59 Å². The Labute approximate surface area is 62.5 Å². The summed E-state index contributed by atoms with van der Waals surface area (Å²) >= 11 is 0. The monoisotopic (exact) mass is 151 g/mol. The number of nitrogens with two attached hydrogens (primary N) is 1. The molecule has 0 radical (unpaired) electrons. The summed E-state index contributed by atoms with van der Waals surface area (Å²) < 4.78 is 0. The van der Waals surface area contributed by atoms with Gasteiger partial charge >= 0.3 is 0 Å². The molecule has 0 aliphatic carbocycles. The Morgan fingerprint density at radius 3 is 2.64 bits per heavy atom. The van der Waals surface area contributed by atoms with Crippen LogP contribution >= 0.6 is 0 Å². The predicted octanol–water partition coefficient (Wildman–Crippen LogP) is -1.23. The van der Waals surface area contributed by atoms with Crippen molar-refractivity contribution in [3.8, 4) is 6.07 Å². The molecule has 0 atom stereocenters. The minimum atomic E-state index is -0.707. The molecule has 5 heteroatoms. The molecule has 0 saturated heterocycles. The number of nitrogens with zero attached hydrogens (tertiary/aromatic N) is 1. The molecule has 0 unspecified atom stereocenters. The second-order valence-electron chi connectivity index (χ2n) is 2.07. The van der Waals surface area contributed by atoms with Crippen LogP contribution in [0.3, 0.4) is 0 Å². The summed E-state index contributed by atoms with van der Waals surface area (Å²) in [6.45, 7) is 0. The second-order valence-corrected chi connectivity index (χ2v) is 2.07. The first-order chi connectivity index (χ1) is 5.15. The van der Waals surface area contributed by atoms with E-state index in [9.17, 15) is 9.59 Å². The van der Waals surface area contributed by atoms with Crippen molar-refractivity contribution < 1.29 is 9.59 Å². The van der Waals surface area contributed by atoms with Crippen molar-refractivity contribution in [2.75, 3.05) is 0 Å². The van der Waals surface area contributed by atoms with Gasteiger partial charge in [-0.1, -0.05) is 0 Å². The molecular weight excluding hydrogens is 146 g/mol. The van der Waals surface area contributed by atoms with Crippen molar-refractivity contribution in [3.63, 3.8) is 0 Å². The van der Waals surface area contributed by atoms with Gasteiger partial charge in [0.05, 0.1) is 6.42 Å². The molecule has 0 bridgehead atoms. The van der Waals surface area contributed by atoms with Gasteiger partial charge in [0, 0.05) is 5.70 Å². The lowest BCUT2D eigenvalue weighted by Gasteiger charge is -2.10. The molecule has 0 fully saturated rings. The third kappa shape index (κ3) is 1.19. The zero-order valence-electron chi connectivity index (χ0n) is 5.55. The minimum Gasteiger partial charge on any atom is -0.400 e. The molecule has 0 aromatic heterocycles. The summed E-state index contributed by atoms with van der Waals surface area (Å²) in [6.07, 6.45) is -0.0748. The maximum atomic E-state index is 10.8. The molecule has 2 amide bonds. The van der Waals surface area contributed by atoms with Gasteiger partial charge < -0.3 is 5.73 Å². The molecule has 56 valence electrons. The van der Waals surface area contributed by atoms with E-state index in [2.05, 4.69) is 0 Å². The van der Waals surface area contributed by atoms with E-state index in [1.165, 1.54) is 0 Å². The van der Waals surface area contributed by atoms with Gasteiger partial charge in [0.1, 0.15) is 11.6 Å². The van der Waals surface area contributed by atoms with Gasteiger partial charge in [-0.15, -0.1) is 0 Å². The highest BCUT2D eigenvalue weighted by atomic mass is 16.2. The average Bonchev–Trinajstić information content (AvgIpc) is 1.85. The first-order valence-electron chi connectivity index (χ1n) is 2.88. The highest BCUT2D eigenvalue weighted by Crippen LogP contribution is 2.07. The van der Waals surface area contributed by atoms with Crippen molar-refractivity contribution in [1.82, 2.24) is 5.32 Å². The van der Waals surface area contributed by atoms with E-state index in [0.717, 1.165) is 0 Å². The Kier molecular flexibility index (Phi) is 1.60. The number of hydrogen-bond donors (Lipinski definition) is 2. The van der Waals surface area contributed by atoms with Crippen molar-refractivity contribution >= 4 is 11.8 Å². The van der Waals surface area contributed by atoms with Gasteiger partial charge in [-0.05, 0) is 0 Å². The van der Waals surface area contributed by atoms with E-state index < -0.39 is 11.8 Å². The quantitative estimate of drug-likeness (QED) is 0.423. The number of nitriles is 1. The van der Waals surface area contributed by atoms with Crippen LogP contribution in [0.5, 0.6) is 0 Å². The number of amides is 2. The first kappa shape index (κ1) is 7.28. The Morgan fingerprint density at radius 1 is 1.55 bits per heavy atom. The SMILES string of the molecule is N#CC1=C(N)CC(=O)NC1=O. The van der Waals surface area contributed by atoms with Crippen LogP contribution in [0.1, 0.15) is 6.42 Å². The fourth-order valence-corrected chi connectivity index (χ4v) is 0.763. The van der Waals surface area contributed by atoms with Crippen LogP contribution in [0.4, 0.5) is 0 Å². The smallest absolute Gasteiger partial charge is 0.270 e. The Hall–Kier alpha value is -1.83. The zero-order valence-corrected chi connectivity index (χ0v) is 5.55. The summed E-state index contributed by atoms with van der Waals surface area (Å²) in [5, 5.41) is 10.3. The molecular formula is C6H5N3O2. The molecule has 1 rings (SSSR count). The molecule has 11 heavy (non-hydrogen) atoms. The second kappa shape index (κ2) is 2.42. The molecule has 0 aromatic carbocycles. The summed E-state index contributed by atoms with van der Waals surface area (Å²) in [7, 11) is 0. The number of rotatable bonds is 0. The summed E-state index contributed by atoms with van der Waals surface area (Å²) in [5.74, 6) is -1.17. The highest BCUT2D eigenvalue weighted by Gasteiger charge is 2.22. The zero-order chi connectivity index (χ0) is 8.43. The number of nitrogens with one attached hydrogen (secondary N) is 1. The lowest BCUT2D eigenvalue weighted by atomic mass is 10.1. The lowest BCUT2D eigenvalue weighted by Crippen LogP contribution is -2.37. The molecule has 0 spiro atoms. The normalized spacial score (nSPS) is 17.7. The molecule has 1 aliphatic heterocycles. The van der Waals surface area contributed by atoms with Crippen LogP contribution in [0.15, 0.2) is 11.3 Å². The minimum absolute atomic E-state index is 0.0428. The van der Waals surface area contributed by atoms with Crippen molar-refractivity contribution in [2.45, 2.75) is 6.42 Å². The fraction of sp³-hybridized carbons (Fsp3) is 0.167. The first-order valence-corrected chi connectivity index (χ1v) is 2.88. The molecule has 5 nitrogen and oxygen atoms in total. The van der Waals surface area contributed by atoms with Gasteiger partial charge in [-0.3, -0.25) is 14.9 Å². The van der Waals surface area contributed by atoms with Gasteiger partial charge in [0.25, 0.3) is 5.91 Å². The lowest BCUT2D eigenvalue weighted by molar-refractivity contribution is -0.128. The van der Waals surface area contributed by atoms with E-state index in [4.69, 9.17) is 11.0 Å². The Balaban J connectivity index is 3.07.